The van der Waals surface area contributed by atoms with E-state index >= 15 is 0 Å². The molecule has 0 radical (unpaired) electrons. The highest BCUT2D eigenvalue weighted by Gasteiger charge is 2.22. The lowest BCUT2D eigenvalue weighted by Crippen LogP contribution is -2.55. The predicted octanol–water partition coefficient (Wildman–Crippen LogP) is -0.173. The number of rotatable bonds is 8. The Hall–Kier alpha value is -1.49. The maximum atomic E-state index is 5.19. The molecule has 0 saturated carbocycles. The van der Waals surface area contributed by atoms with Crippen LogP contribution in [0.3, 0.4) is 0 Å². The monoisotopic (exact) mass is 358 g/mol. The van der Waals surface area contributed by atoms with E-state index in [4.69, 9.17) is 24.4 Å². The molecular weight excluding hydrogens is 332 g/mol. The van der Waals surface area contributed by atoms with Crippen LogP contribution in [0.1, 0.15) is 32.5 Å². The van der Waals surface area contributed by atoms with E-state index in [1.54, 1.807) is 6.20 Å². The molecule has 0 bridgehead atoms. The number of aryl methyl sites for hydroxylation is 1. The zero-order valence-electron chi connectivity index (χ0n) is 13.9. The minimum atomic E-state index is -0.0870. The summed E-state index contributed by atoms with van der Waals surface area (Å²) in [6.07, 6.45) is 1.76. The fourth-order valence-electron chi connectivity index (χ4n) is 1.96. The van der Waals surface area contributed by atoms with Gasteiger partial charge in [0.25, 0.3) is 0 Å². The fraction of sp³-hybridized carbons (Fsp3) is 0.615. The van der Waals surface area contributed by atoms with E-state index < -0.39 is 0 Å². The van der Waals surface area contributed by atoms with E-state index in [1.165, 1.54) is 0 Å². The third-order valence-electron chi connectivity index (χ3n) is 3.11. The van der Waals surface area contributed by atoms with Crippen molar-refractivity contribution in [3.8, 4) is 0 Å². The standard InChI is InChI=1S/C13H26N8S2/c1-5-14-12(22)19-17-9(3)11(10-7-8-16-21(10)4)18-20-13(23)15-6-2/h7-9,11,17-18H,5-6H2,1-4H3,(H2,14,19,22)(H2,15,20,23). The third kappa shape index (κ3) is 6.65. The first-order valence-electron chi connectivity index (χ1n) is 7.56. The Morgan fingerprint density at radius 2 is 1.70 bits per heavy atom. The molecule has 130 valence electrons. The number of aromatic nitrogens is 2. The molecule has 23 heavy (non-hydrogen) atoms. The van der Waals surface area contributed by atoms with Crippen LogP contribution in [0, 0.1) is 0 Å². The molecule has 2 atom stereocenters. The lowest BCUT2D eigenvalue weighted by atomic mass is 10.1. The summed E-state index contributed by atoms with van der Waals surface area (Å²) in [5.41, 5.74) is 13.4. The van der Waals surface area contributed by atoms with Crippen molar-refractivity contribution in [3.63, 3.8) is 0 Å². The van der Waals surface area contributed by atoms with Crippen molar-refractivity contribution in [2.75, 3.05) is 13.1 Å². The predicted molar refractivity (Wildman–Crippen MR) is 101 cm³/mol. The molecule has 0 aliphatic carbocycles. The zero-order chi connectivity index (χ0) is 17.2. The van der Waals surface area contributed by atoms with Gasteiger partial charge in [0.2, 0.25) is 0 Å². The average molecular weight is 359 g/mol. The van der Waals surface area contributed by atoms with Gasteiger partial charge in [-0.25, -0.2) is 10.9 Å². The maximum absolute atomic E-state index is 5.19. The Labute approximate surface area is 148 Å². The number of hydrazine groups is 2. The van der Waals surface area contributed by atoms with Crippen LogP contribution in [0.5, 0.6) is 0 Å². The van der Waals surface area contributed by atoms with Crippen molar-refractivity contribution in [2.45, 2.75) is 32.9 Å². The molecular formula is C13H26N8S2. The number of hydrogen-bond acceptors (Lipinski definition) is 5. The highest BCUT2D eigenvalue weighted by Crippen LogP contribution is 2.14. The molecule has 1 aromatic heterocycles. The molecule has 6 N–H and O–H groups in total. The van der Waals surface area contributed by atoms with Crippen LogP contribution in [0.25, 0.3) is 0 Å². The first-order valence-corrected chi connectivity index (χ1v) is 8.37. The molecule has 1 aromatic rings. The second-order valence-electron chi connectivity index (χ2n) is 4.90. The van der Waals surface area contributed by atoms with Crippen molar-refractivity contribution < 1.29 is 0 Å². The summed E-state index contributed by atoms with van der Waals surface area (Å²) in [6, 6.07) is 1.87. The average Bonchev–Trinajstić information content (AvgIpc) is 2.92. The number of nitrogens with one attached hydrogen (secondary N) is 6. The molecule has 0 fully saturated rings. The summed E-state index contributed by atoms with van der Waals surface area (Å²) in [7, 11) is 1.90. The summed E-state index contributed by atoms with van der Waals surface area (Å²) in [4.78, 5) is 0. The summed E-state index contributed by atoms with van der Waals surface area (Å²) in [5, 5.41) is 11.4. The number of thiocarbonyl (C=S) groups is 2. The molecule has 0 saturated heterocycles. The van der Waals surface area contributed by atoms with Crippen LogP contribution in [-0.2, 0) is 7.05 Å². The van der Waals surface area contributed by atoms with E-state index in [-0.39, 0.29) is 12.1 Å². The third-order valence-corrected chi connectivity index (χ3v) is 3.60. The van der Waals surface area contributed by atoms with E-state index in [0.717, 1.165) is 18.8 Å². The topological polar surface area (TPSA) is 90.0 Å². The van der Waals surface area contributed by atoms with Gasteiger partial charge in [-0.05, 0) is 51.3 Å². The van der Waals surface area contributed by atoms with Crippen LogP contribution >= 0.6 is 24.4 Å². The van der Waals surface area contributed by atoms with Gasteiger partial charge >= 0.3 is 0 Å². The second-order valence-corrected chi connectivity index (χ2v) is 5.72. The number of hydrogen-bond donors (Lipinski definition) is 6. The first kappa shape index (κ1) is 19.6. The van der Waals surface area contributed by atoms with Crippen LogP contribution in [0.15, 0.2) is 12.3 Å². The van der Waals surface area contributed by atoms with Gasteiger partial charge in [0.15, 0.2) is 10.2 Å². The van der Waals surface area contributed by atoms with Gasteiger partial charge in [-0.2, -0.15) is 5.10 Å². The SMILES string of the molecule is CCNC(=S)NNC(C)C(NNC(=S)NCC)c1ccnn1C. The van der Waals surface area contributed by atoms with E-state index in [9.17, 15) is 0 Å². The van der Waals surface area contributed by atoms with Gasteiger partial charge in [0.05, 0.1) is 11.7 Å². The Morgan fingerprint density at radius 3 is 2.17 bits per heavy atom. The Morgan fingerprint density at radius 1 is 1.13 bits per heavy atom. The van der Waals surface area contributed by atoms with Gasteiger partial charge in [-0.3, -0.25) is 15.5 Å². The van der Waals surface area contributed by atoms with E-state index in [0.29, 0.717) is 10.2 Å². The Bertz CT molecular complexity index is 504. The minimum Gasteiger partial charge on any atom is -0.362 e. The van der Waals surface area contributed by atoms with Gasteiger partial charge in [0, 0.05) is 32.4 Å². The summed E-state index contributed by atoms with van der Waals surface area (Å²) >= 11 is 10.3. The summed E-state index contributed by atoms with van der Waals surface area (Å²) < 4.78 is 1.82. The van der Waals surface area contributed by atoms with Gasteiger partial charge in [-0.15, -0.1) is 0 Å². The van der Waals surface area contributed by atoms with Crippen LogP contribution in [-0.4, -0.2) is 39.1 Å². The summed E-state index contributed by atoms with van der Waals surface area (Å²) in [5.74, 6) is 0. The highest BCUT2D eigenvalue weighted by atomic mass is 32.1. The zero-order valence-corrected chi connectivity index (χ0v) is 15.6. The Kier molecular flexibility index (Phi) is 8.77. The van der Waals surface area contributed by atoms with Crippen LogP contribution in [0.2, 0.25) is 0 Å². The fourth-order valence-corrected chi connectivity index (χ4v) is 2.37. The molecule has 8 nitrogen and oxygen atoms in total. The molecule has 1 rings (SSSR count). The first-order chi connectivity index (χ1) is 11.0. The lowest BCUT2D eigenvalue weighted by molar-refractivity contribution is 0.354. The molecule has 0 aliphatic heterocycles. The van der Waals surface area contributed by atoms with E-state index in [2.05, 4.69) is 37.4 Å². The van der Waals surface area contributed by atoms with Gasteiger partial charge < -0.3 is 10.6 Å². The lowest BCUT2D eigenvalue weighted by Gasteiger charge is -2.27. The molecule has 0 aromatic carbocycles. The van der Waals surface area contributed by atoms with Gasteiger partial charge in [0.1, 0.15) is 0 Å². The molecule has 0 spiro atoms. The smallest absolute Gasteiger partial charge is 0.180 e. The quantitative estimate of drug-likeness (QED) is 0.280. The van der Waals surface area contributed by atoms with Crippen LogP contribution < -0.4 is 32.3 Å². The van der Waals surface area contributed by atoms with Gasteiger partial charge in [-0.1, -0.05) is 0 Å². The second kappa shape index (κ2) is 10.3. The van der Waals surface area contributed by atoms with Crippen LogP contribution in [0.4, 0.5) is 0 Å². The largest absolute Gasteiger partial charge is 0.362 e. The van der Waals surface area contributed by atoms with Crippen molar-refractivity contribution in [2.24, 2.45) is 7.05 Å². The molecule has 2 unspecified atom stereocenters. The molecule has 0 amide bonds. The normalized spacial score (nSPS) is 13.0. The number of nitrogens with zero attached hydrogens (tertiary/aromatic N) is 2. The summed E-state index contributed by atoms with van der Waals surface area (Å²) in [6.45, 7) is 7.54. The van der Waals surface area contributed by atoms with Crippen molar-refractivity contribution >= 4 is 34.7 Å². The molecule has 10 heteroatoms. The molecule has 1 heterocycles. The molecule has 0 aliphatic rings. The van der Waals surface area contributed by atoms with Crippen molar-refractivity contribution in [1.29, 1.82) is 0 Å². The van der Waals surface area contributed by atoms with Crippen molar-refractivity contribution in [3.05, 3.63) is 18.0 Å². The van der Waals surface area contributed by atoms with Crippen molar-refractivity contribution in [1.82, 2.24) is 42.1 Å². The maximum Gasteiger partial charge on any atom is 0.180 e. The Balaban J connectivity index is 2.69. The highest BCUT2D eigenvalue weighted by molar-refractivity contribution is 7.80. The van der Waals surface area contributed by atoms with E-state index in [1.807, 2.05) is 38.6 Å². The minimum absolute atomic E-state index is 0.000988.